The summed E-state index contributed by atoms with van der Waals surface area (Å²) in [6.07, 6.45) is 2.69. The zero-order chi connectivity index (χ0) is 20.5. The van der Waals surface area contributed by atoms with Crippen LogP contribution in [0.25, 0.3) is 22.2 Å². The number of rotatable bonds is 6. The van der Waals surface area contributed by atoms with E-state index in [1.54, 1.807) is 13.4 Å². The first kappa shape index (κ1) is 18.5. The molecule has 152 valence electrons. The number of nitrogens with zero attached hydrogens (tertiary/aromatic N) is 3. The van der Waals surface area contributed by atoms with Gasteiger partial charge in [-0.3, -0.25) is 0 Å². The SMILES string of the molecule is COc1cccc2c1cc(C)n2CCNc1cc(-c2ccc3c(c2)CCN3)ncn1. The minimum absolute atomic E-state index is 0.770. The van der Waals surface area contributed by atoms with E-state index in [9.17, 15) is 0 Å². The highest BCUT2D eigenvalue weighted by molar-refractivity contribution is 5.87. The number of ether oxygens (including phenoxy) is 1. The molecule has 2 aromatic heterocycles. The normalized spacial score (nSPS) is 12.6. The third-order valence-electron chi connectivity index (χ3n) is 5.75. The van der Waals surface area contributed by atoms with Gasteiger partial charge >= 0.3 is 0 Å². The molecule has 4 aromatic rings. The van der Waals surface area contributed by atoms with Gasteiger partial charge in [-0.2, -0.15) is 0 Å². The van der Waals surface area contributed by atoms with Crippen molar-refractivity contribution in [2.24, 2.45) is 0 Å². The zero-order valence-electron chi connectivity index (χ0n) is 17.3. The standard InChI is InChI=1S/C24H25N5O/c1-16-12-19-22(4-3-5-23(19)30-2)29(16)11-10-26-24-14-21(27-15-28-24)17-6-7-20-18(13-17)8-9-25-20/h3-7,12-15,25H,8-11H2,1-2H3,(H,26,27,28). The Morgan fingerprint density at radius 2 is 2.07 bits per heavy atom. The van der Waals surface area contributed by atoms with Crippen LogP contribution in [-0.4, -0.2) is 34.7 Å². The first-order valence-electron chi connectivity index (χ1n) is 10.3. The van der Waals surface area contributed by atoms with Crippen molar-refractivity contribution in [3.8, 4) is 17.0 Å². The van der Waals surface area contributed by atoms with Crippen molar-refractivity contribution in [3.63, 3.8) is 0 Å². The number of nitrogens with one attached hydrogen (secondary N) is 2. The molecule has 2 aromatic carbocycles. The molecule has 0 fully saturated rings. The maximum atomic E-state index is 5.50. The predicted octanol–water partition coefficient (Wildman–Crippen LogP) is 4.50. The van der Waals surface area contributed by atoms with Gasteiger partial charge in [0.15, 0.2) is 0 Å². The van der Waals surface area contributed by atoms with Crippen LogP contribution < -0.4 is 15.4 Å². The molecule has 0 aliphatic carbocycles. The second kappa shape index (κ2) is 7.71. The lowest BCUT2D eigenvalue weighted by molar-refractivity contribution is 0.420. The van der Waals surface area contributed by atoms with E-state index in [4.69, 9.17) is 4.74 Å². The topological polar surface area (TPSA) is 64.0 Å². The third-order valence-corrected chi connectivity index (χ3v) is 5.75. The number of aryl methyl sites for hydroxylation is 1. The Hall–Kier alpha value is -3.54. The lowest BCUT2D eigenvalue weighted by Crippen LogP contribution is -2.12. The summed E-state index contributed by atoms with van der Waals surface area (Å²) in [5.74, 6) is 1.75. The van der Waals surface area contributed by atoms with Gasteiger partial charge < -0.3 is 19.9 Å². The molecule has 0 radical (unpaired) electrons. The van der Waals surface area contributed by atoms with Gasteiger partial charge in [0, 0.05) is 48.0 Å². The van der Waals surface area contributed by atoms with Gasteiger partial charge in [-0.1, -0.05) is 12.1 Å². The fourth-order valence-electron chi connectivity index (χ4n) is 4.24. The van der Waals surface area contributed by atoms with Gasteiger partial charge in [0.25, 0.3) is 0 Å². The average Bonchev–Trinajstić information content (AvgIpc) is 3.37. The average molecular weight is 399 g/mol. The molecule has 0 atom stereocenters. The van der Waals surface area contributed by atoms with Crippen LogP contribution in [0.5, 0.6) is 5.75 Å². The number of fused-ring (bicyclic) bond motifs is 2. The van der Waals surface area contributed by atoms with Crippen LogP contribution in [-0.2, 0) is 13.0 Å². The Kier molecular flexibility index (Phi) is 4.75. The molecule has 0 spiro atoms. The van der Waals surface area contributed by atoms with Gasteiger partial charge in [-0.25, -0.2) is 9.97 Å². The Morgan fingerprint density at radius 1 is 1.13 bits per heavy atom. The number of benzene rings is 2. The minimum atomic E-state index is 0.770. The van der Waals surface area contributed by atoms with E-state index in [1.807, 2.05) is 18.2 Å². The van der Waals surface area contributed by atoms with E-state index in [2.05, 4.69) is 62.4 Å². The molecule has 1 aliphatic heterocycles. The molecule has 6 heteroatoms. The second-order valence-electron chi connectivity index (χ2n) is 7.59. The summed E-state index contributed by atoms with van der Waals surface area (Å²) in [4.78, 5) is 8.88. The molecule has 0 amide bonds. The van der Waals surface area contributed by atoms with E-state index >= 15 is 0 Å². The van der Waals surface area contributed by atoms with Crippen molar-refractivity contribution in [1.82, 2.24) is 14.5 Å². The summed E-state index contributed by atoms with van der Waals surface area (Å²) in [5.41, 5.74) is 7.05. The first-order chi connectivity index (χ1) is 14.7. The highest BCUT2D eigenvalue weighted by Crippen LogP contribution is 2.29. The van der Waals surface area contributed by atoms with Crippen LogP contribution in [0.15, 0.2) is 54.9 Å². The molecule has 0 saturated carbocycles. The molecule has 2 N–H and O–H groups in total. The summed E-state index contributed by atoms with van der Waals surface area (Å²) in [6, 6.07) is 16.9. The summed E-state index contributed by atoms with van der Waals surface area (Å²) < 4.78 is 7.81. The van der Waals surface area contributed by atoms with Crippen LogP contribution in [0.2, 0.25) is 0 Å². The van der Waals surface area contributed by atoms with Crippen molar-refractivity contribution in [2.45, 2.75) is 19.9 Å². The number of methoxy groups -OCH3 is 1. The molecule has 30 heavy (non-hydrogen) atoms. The van der Waals surface area contributed by atoms with Gasteiger partial charge in [0.2, 0.25) is 0 Å². The van der Waals surface area contributed by atoms with Gasteiger partial charge in [0.1, 0.15) is 17.9 Å². The maximum absolute atomic E-state index is 5.50. The molecule has 6 nitrogen and oxygen atoms in total. The summed E-state index contributed by atoms with van der Waals surface area (Å²) >= 11 is 0. The van der Waals surface area contributed by atoms with E-state index < -0.39 is 0 Å². The number of hydrogen-bond donors (Lipinski definition) is 2. The van der Waals surface area contributed by atoms with Crippen molar-refractivity contribution < 1.29 is 4.74 Å². The van der Waals surface area contributed by atoms with Crippen LogP contribution in [0.3, 0.4) is 0 Å². The van der Waals surface area contributed by atoms with Crippen molar-refractivity contribution >= 4 is 22.4 Å². The van der Waals surface area contributed by atoms with Crippen molar-refractivity contribution in [1.29, 1.82) is 0 Å². The first-order valence-corrected chi connectivity index (χ1v) is 10.3. The minimum Gasteiger partial charge on any atom is -0.496 e. The maximum Gasteiger partial charge on any atom is 0.130 e. The molecular weight excluding hydrogens is 374 g/mol. The predicted molar refractivity (Wildman–Crippen MR) is 121 cm³/mol. The molecule has 3 heterocycles. The van der Waals surface area contributed by atoms with Crippen molar-refractivity contribution in [2.75, 3.05) is 30.8 Å². The van der Waals surface area contributed by atoms with Gasteiger partial charge in [0.05, 0.1) is 18.3 Å². The summed E-state index contributed by atoms with van der Waals surface area (Å²) in [5, 5.41) is 8.00. The van der Waals surface area contributed by atoms with E-state index in [-0.39, 0.29) is 0 Å². The van der Waals surface area contributed by atoms with E-state index in [0.29, 0.717) is 0 Å². The number of aromatic nitrogens is 3. The van der Waals surface area contributed by atoms with E-state index in [1.165, 1.54) is 22.5 Å². The number of hydrogen-bond acceptors (Lipinski definition) is 5. The third kappa shape index (κ3) is 3.34. The van der Waals surface area contributed by atoms with Crippen molar-refractivity contribution in [3.05, 3.63) is 66.1 Å². The molecule has 5 rings (SSSR count). The Balaban J connectivity index is 1.32. The Labute approximate surface area is 175 Å². The lowest BCUT2D eigenvalue weighted by Gasteiger charge is -2.11. The Morgan fingerprint density at radius 3 is 2.97 bits per heavy atom. The van der Waals surface area contributed by atoms with Crippen LogP contribution in [0.1, 0.15) is 11.3 Å². The summed E-state index contributed by atoms with van der Waals surface area (Å²) in [6.45, 7) is 4.75. The Bertz CT molecular complexity index is 1210. The van der Waals surface area contributed by atoms with Crippen LogP contribution >= 0.6 is 0 Å². The number of anilines is 2. The molecule has 0 saturated heterocycles. The fraction of sp³-hybridized carbons (Fsp3) is 0.250. The highest BCUT2D eigenvalue weighted by Gasteiger charge is 2.12. The fourth-order valence-corrected chi connectivity index (χ4v) is 4.24. The zero-order valence-corrected chi connectivity index (χ0v) is 17.3. The molecule has 0 unspecified atom stereocenters. The lowest BCUT2D eigenvalue weighted by atomic mass is 10.1. The molecule has 0 bridgehead atoms. The monoisotopic (exact) mass is 399 g/mol. The van der Waals surface area contributed by atoms with Gasteiger partial charge in [-0.05, 0) is 49.2 Å². The smallest absolute Gasteiger partial charge is 0.130 e. The van der Waals surface area contributed by atoms with Crippen LogP contribution in [0, 0.1) is 6.92 Å². The quantitative estimate of drug-likeness (QED) is 0.500. The second-order valence-corrected chi connectivity index (χ2v) is 7.59. The van der Waals surface area contributed by atoms with Crippen LogP contribution in [0.4, 0.5) is 11.5 Å². The molecular formula is C24H25N5O. The van der Waals surface area contributed by atoms with Gasteiger partial charge in [-0.15, -0.1) is 0 Å². The largest absolute Gasteiger partial charge is 0.496 e. The van der Waals surface area contributed by atoms with E-state index in [0.717, 1.165) is 54.3 Å². The molecule has 1 aliphatic rings. The summed E-state index contributed by atoms with van der Waals surface area (Å²) in [7, 11) is 1.72. The highest BCUT2D eigenvalue weighted by atomic mass is 16.5.